The zero-order valence-electron chi connectivity index (χ0n) is 14.4. The normalized spacial score (nSPS) is 11.9. The van der Waals surface area contributed by atoms with Gasteiger partial charge in [0.05, 0.1) is 33.9 Å². The average Bonchev–Trinajstić information content (AvgIpc) is 3.06. The fourth-order valence-electron chi connectivity index (χ4n) is 2.99. The van der Waals surface area contributed by atoms with E-state index >= 15 is 0 Å². The number of oxime groups is 1. The Morgan fingerprint density at radius 2 is 1.92 bits per heavy atom. The predicted octanol–water partition coefficient (Wildman–Crippen LogP) is 2.56. The van der Waals surface area contributed by atoms with Crippen LogP contribution in [0, 0.1) is 27.7 Å². The first-order chi connectivity index (χ1) is 11.8. The van der Waals surface area contributed by atoms with E-state index in [4.69, 9.17) is 10.3 Å². The molecule has 0 bridgehead atoms. The van der Waals surface area contributed by atoms with Crippen LogP contribution in [0.4, 0.5) is 0 Å². The Labute approximate surface area is 144 Å². The third kappa shape index (κ3) is 2.61. The molecule has 0 amide bonds. The van der Waals surface area contributed by atoms with Crippen LogP contribution in [0.15, 0.2) is 27.9 Å². The summed E-state index contributed by atoms with van der Waals surface area (Å²) in [5.41, 5.74) is 10.6. The van der Waals surface area contributed by atoms with Gasteiger partial charge in [0.25, 0.3) is 0 Å². The number of aromatic hydroxyl groups is 1. The quantitative estimate of drug-likeness (QED) is 0.291. The van der Waals surface area contributed by atoms with Crippen molar-refractivity contribution < 1.29 is 14.8 Å². The highest BCUT2D eigenvalue weighted by Crippen LogP contribution is 2.34. The summed E-state index contributed by atoms with van der Waals surface area (Å²) in [5.74, 6) is 0.720. The predicted molar refractivity (Wildman–Crippen MR) is 92.2 cm³/mol. The molecule has 4 N–H and O–H groups in total. The van der Waals surface area contributed by atoms with Crippen molar-refractivity contribution in [3.05, 3.63) is 46.5 Å². The molecule has 0 atom stereocenters. The van der Waals surface area contributed by atoms with Gasteiger partial charge in [0.1, 0.15) is 11.5 Å². The van der Waals surface area contributed by atoms with Crippen LogP contribution in [0.3, 0.4) is 0 Å². The molecule has 0 aliphatic rings. The number of nitrogens with zero attached hydrogens (tertiary/aromatic N) is 4. The van der Waals surface area contributed by atoms with E-state index in [2.05, 4.69) is 15.4 Å². The smallest absolute Gasteiger partial charge is 0.174 e. The SMILES string of the molecule is Cc1cc(O)ccc1-n1nc(C)c(/C(N)=N/O)c1-c1c(C)noc1C. The molecular weight excluding hydrogens is 322 g/mol. The van der Waals surface area contributed by atoms with Gasteiger partial charge in [-0.15, -0.1) is 0 Å². The minimum atomic E-state index is -0.0461. The number of rotatable bonds is 3. The van der Waals surface area contributed by atoms with E-state index in [-0.39, 0.29) is 11.6 Å². The van der Waals surface area contributed by atoms with E-state index in [0.29, 0.717) is 28.4 Å². The van der Waals surface area contributed by atoms with E-state index in [0.717, 1.165) is 16.8 Å². The Morgan fingerprint density at radius 3 is 2.48 bits per heavy atom. The van der Waals surface area contributed by atoms with Crippen molar-refractivity contribution in [2.24, 2.45) is 10.9 Å². The van der Waals surface area contributed by atoms with Gasteiger partial charge in [-0.25, -0.2) is 4.68 Å². The standard InChI is InChI=1S/C17H19N5O3/c1-8-7-12(23)5-6-13(8)22-16(14-10(3)21-25-11(14)4)15(9(2)19-22)17(18)20-24/h5-7,23-24H,1-4H3,(H2,18,20). The van der Waals surface area contributed by atoms with Crippen LogP contribution in [0.25, 0.3) is 16.9 Å². The fourth-order valence-corrected chi connectivity index (χ4v) is 2.99. The molecule has 0 spiro atoms. The number of hydrogen-bond donors (Lipinski definition) is 3. The maximum atomic E-state index is 9.69. The van der Waals surface area contributed by atoms with Crippen molar-refractivity contribution in [1.82, 2.24) is 14.9 Å². The van der Waals surface area contributed by atoms with Gasteiger partial charge in [0.2, 0.25) is 0 Å². The van der Waals surface area contributed by atoms with Crippen molar-refractivity contribution >= 4 is 5.84 Å². The molecule has 25 heavy (non-hydrogen) atoms. The minimum absolute atomic E-state index is 0.0461. The number of amidine groups is 1. The lowest BCUT2D eigenvalue weighted by molar-refractivity contribution is 0.318. The third-order valence-electron chi connectivity index (χ3n) is 4.10. The van der Waals surface area contributed by atoms with E-state index in [1.54, 1.807) is 36.7 Å². The molecule has 3 aromatic rings. The van der Waals surface area contributed by atoms with Gasteiger partial charge in [-0.1, -0.05) is 10.3 Å². The summed E-state index contributed by atoms with van der Waals surface area (Å²) in [6.45, 7) is 7.26. The molecule has 130 valence electrons. The lowest BCUT2D eigenvalue weighted by Gasteiger charge is -2.12. The Morgan fingerprint density at radius 1 is 1.20 bits per heavy atom. The molecule has 0 aliphatic carbocycles. The highest BCUT2D eigenvalue weighted by atomic mass is 16.5. The first-order valence-corrected chi connectivity index (χ1v) is 7.66. The van der Waals surface area contributed by atoms with Crippen LogP contribution >= 0.6 is 0 Å². The molecule has 8 heteroatoms. The molecule has 0 saturated carbocycles. The first-order valence-electron chi connectivity index (χ1n) is 7.66. The second kappa shape index (κ2) is 5.97. The van der Waals surface area contributed by atoms with Crippen LogP contribution < -0.4 is 5.73 Å². The van der Waals surface area contributed by atoms with Crippen molar-refractivity contribution in [2.75, 3.05) is 0 Å². The van der Waals surface area contributed by atoms with Crippen molar-refractivity contribution in [3.8, 4) is 22.7 Å². The van der Waals surface area contributed by atoms with Crippen LogP contribution in [-0.2, 0) is 0 Å². The maximum absolute atomic E-state index is 9.69. The summed E-state index contributed by atoms with van der Waals surface area (Å²) < 4.78 is 6.99. The van der Waals surface area contributed by atoms with E-state index in [1.807, 2.05) is 13.8 Å². The number of phenolic OH excluding ortho intramolecular Hbond substituents is 1. The molecule has 2 aromatic heterocycles. The van der Waals surface area contributed by atoms with Crippen molar-refractivity contribution in [2.45, 2.75) is 27.7 Å². The number of aryl methyl sites for hydroxylation is 4. The number of aromatic nitrogens is 3. The first kappa shape index (κ1) is 16.6. The molecule has 3 rings (SSSR count). The van der Waals surface area contributed by atoms with Crippen LogP contribution in [0.1, 0.15) is 28.3 Å². The zero-order valence-corrected chi connectivity index (χ0v) is 14.4. The van der Waals surface area contributed by atoms with Crippen LogP contribution in [0.2, 0.25) is 0 Å². The molecule has 2 heterocycles. The highest BCUT2D eigenvalue weighted by Gasteiger charge is 2.26. The van der Waals surface area contributed by atoms with E-state index in [9.17, 15) is 10.3 Å². The minimum Gasteiger partial charge on any atom is -0.508 e. The van der Waals surface area contributed by atoms with Gasteiger partial charge in [-0.05, 0) is 51.5 Å². The summed E-state index contributed by atoms with van der Waals surface area (Å²) in [6, 6.07) is 4.99. The molecular formula is C17H19N5O3. The fraction of sp³-hybridized carbons (Fsp3) is 0.235. The summed E-state index contributed by atoms with van der Waals surface area (Å²) in [7, 11) is 0. The topological polar surface area (TPSA) is 123 Å². The summed E-state index contributed by atoms with van der Waals surface area (Å²) in [4.78, 5) is 0. The average molecular weight is 341 g/mol. The van der Waals surface area contributed by atoms with E-state index in [1.165, 1.54) is 0 Å². The van der Waals surface area contributed by atoms with Gasteiger partial charge < -0.3 is 20.6 Å². The third-order valence-corrected chi connectivity index (χ3v) is 4.10. The van der Waals surface area contributed by atoms with Gasteiger partial charge >= 0.3 is 0 Å². The second-order valence-electron chi connectivity index (χ2n) is 5.88. The Bertz CT molecular complexity index is 965. The molecule has 8 nitrogen and oxygen atoms in total. The highest BCUT2D eigenvalue weighted by molar-refractivity contribution is 6.04. The molecule has 0 aliphatic heterocycles. The zero-order chi connectivity index (χ0) is 18.3. The summed E-state index contributed by atoms with van der Waals surface area (Å²) >= 11 is 0. The second-order valence-corrected chi connectivity index (χ2v) is 5.88. The molecule has 0 saturated heterocycles. The Kier molecular flexibility index (Phi) is 3.96. The largest absolute Gasteiger partial charge is 0.508 e. The lowest BCUT2D eigenvalue weighted by Crippen LogP contribution is -2.15. The van der Waals surface area contributed by atoms with Gasteiger partial charge in [0, 0.05) is 0 Å². The van der Waals surface area contributed by atoms with Crippen molar-refractivity contribution in [1.29, 1.82) is 0 Å². The summed E-state index contributed by atoms with van der Waals surface area (Å²) in [5, 5.41) is 30.6. The molecule has 1 aromatic carbocycles. The van der Waals surface area contributed by atoms with Crippen LogP contribution in [0.5, 0.6) is 5.75 Å². The number of benzene rings is 1. The Hall–Kier alpha value is -3.29. The van der Waals surface area contributed by atoms with Gasteiger partial charge in [-0.3, -0.25) is 0 Å². The van der Waals surface area contributed by atoms with Gasteiger partial charge in [0.15, 0.2) is 5.84 Å². The molecule has 0 radical (unpaired) electrons. The maximum Gasteiger partial charge on any atom is 0.174 e. The monoisotopic (exact) mass is 341 g/mol. The van der Waals surface area contributed by atoms with Crippen LogP contribution in [-0.4, -0.2) is 31.1 Å². The van der Waals surface area contributed by atoms with E-state index < -0.39 is 0 Å². The summed E-state index contributed by atoms with van der Waals surface area (Å²) in [6.07, 6.45) is 0. The lowest BCUT2D eigenvalue weighted by atomic mass is 10.0. The number of hydrogen-bond acceptors (Lipinski definition) is 6. The number of phenols is 1. The molecule has 0 unspecified atom stereocenters. The molecule has 0 fully saturated rings. The van der Waals surface area contributed by atoms with Crippen molar-refractivity contribution in [3.63, 3.8) is 0 Å². The Balaban J connectivity index is 2.41. The van der Waals surface area contributed by atoms with Gasteiger partial charge in [-0.2, -0.15) is 5.10 Å². The number of nitrogens with two attached hydrogens (primary N) is 1.